The summed E-state index contributed by atoms with van der Waals surface area (Å²) in [5.74, 6) is 0.336. The molecule has 1 aromatic rings. The highest BCUT2D eigenvalue weighted by Crippen LogP contribution is 2.28. The van der Waals surface area contributed by atoms with Gasteiger partial charge in [-0.05, 0) is 18.1 Å². The van der Waals surface area contributed by atoms with E-state index in [9.17, 15) is 5.11 Å². The summed E-state index contributed by atoms with van der Waals surface area (Å²) in [5.41, 5.74) is 2.07. The SMILES string of the molecule is CC1=CO[C@@H]([C@@H](C)COCc2ccccc2)[C@@H](C)[C@H]1O. The molecule has 1 N–H and O–H groups in total. The molecule has 0 aliphatic carbocycles. The molecule has 1 aliphatic rings. The van der Waals surface area contributed by atoms with Crippen molar-refractivity contribution in [3.63, 3.8) is 0 Å². The van der Waals surface area contributed by atoms with Crippen molar-refractivity contribution in [2.75, 3.05) is 6.61 Å². The van der Waals surface area contributed by atoms with Crippen LogP contribution in [-0.2, 0) is 16.1 Å². The van der Waals surface area contributed by atoms with Gasteiger partial charge >= 0.3 is 0 Å². The standard InChI is InChI=1S/C17H24O3/c1-12-10-20-17(14(3)16(12)18)13(2)9-19-11-15-7-5-4-6-8-15/h4-8,10,13-14,16-18H,9,11H2,1-3H3/t13-,14-,16-,17-/m0/s1. The van der Waals surface area contributed by atoms with E-state index in [2.05, 4.69) is 19.1 Å². The summed E-state index contributed by atoms with van der Waals surface area (Å²) in [6, 6.07) is 10.1. The molecule has 3 nitrogen and oxygen atoms in total. The van der Waals surface area contributed by atoms with Crippen LogP contribution in [0.1, 0.15) is 26.3 Å². The molecule has 0 saturated carbocycles. The fourth-order valence-corrected chi connectivity index (χ4v) is 2.66. The lowest BCUT2D eigenvalue weighted by Gasteiger charge is -2.35. The van der Waals surface area contributed by atoms with Crippen LogP contribution >= 0.6 is 0 Å². The fourth-order valence-electron chi connectivity index (χ4n) is 2.66. The molecule has 0 radical (unpaired) electrons. The number of ether oxygens (including phenoxy) is 2. The third-order valence-electron chi connectivity index (χ3n) is 3.95. The predicted molar refractivity (Wildman–Crippen MR) is 79.1 cm³/mol. The Hall–Kier alpha value is -1.32. The highest BCUT2D eigenvalue weighted by molar-refractivity contribution is 5.13. The summed E-state index contributed by atoms with van der Waals surface area (Å²) >= 11 is 0. The first-order valence-electron chi connectivity index (χ1n) is 7.21. The minimum atomic E-state index is -0.412. The Morgan fingerprint density at radius 2 is 2.00 bits per heavy atom. The monoisotopic (exact) mass is 276 g/mol. The van der Waals surface area contributed by atoms with E-state index >= 15 is 0 Å². The summed E-state index contributed by atoms with van der Waals surface area (Å²) in [6.07, 6.45) is 1.28. The molecule has 110 valence electrons. The molecule has 0 aromatic heterocycles. The van der Waals surface area contributed by atoms with Crippen molar-refractivity contribution in [3.05, 3.63) is 47.7 Å². The van der Waals surface area contributed by atoms with Gasteiger partial charge in [0.25, 0.3) is 0 Å². The number of aliphatic hydroxyl groups is 1. The van der Waals surface area contributed by atoms with Crippen LogP contribution in [0, 0.1) is 11.8 Å². The van der Waals surface area contributed by atoms with Crippen LogP contribution in [0.4, 0.5) is 0 Å². The Labute approximate surface area is 121 Å². The van der Waals surface area contributed by atoms with Gasteiger partial charge in [-0.15, -0.1) is 0 Å². The molecular weight excluding hydrogens is 252 g/mol. The molecule has 4 atom stereocenters. The van der Waals surface area contributed by atoms with Crippen LogP contribution in [0.3, 0.4) is 0 Å². The molecule has 0 spiro atoms. The van der Waals surface area contributed by atoms with Crippen LogP contribution in [0.5, 0.6) is 0 Å². The molecule has 20 heavy (non-hydrogen) atoms. The van der Waals surface area contributed by atoms with Gasteiger partial charge in [-0.25, -0.2) is 0 Å². The second-order valence-corrected chi connectivity index (χ2v) is 5.74. The van der Waals surface area contributed by atoms with Crippen LogP contribution in [-0.4, -0.2) is 23.9 Å². The molecular formula is C17H24O3. The summed E-state index contributed by atoms with van der Waals surface area (Å²) in [4.78, 5) is 0. The van der Waals surface area contributed by atoms with Gasteiger partial charge in [0.1, 0.15) is 6.10 Å². The Kier molecular flexibility index (Phi) is 5.21. The predicted octanol–water partition coefficient (Wildman–Crippen LogP) is 3.14. The van der Waals surface area contributed by atoms with E-state index in [1.54, 1.807) is 6.26 Å². The minimum absolute atomic E-state index is 0.00414. The third-order valence-corrected chi connectivity index (χ3v) is 3.95. The highest BCUT2D eigenvalue weighted by atomic mass is 16.5. The van der Waals surface area contributed by atoms with Crippen molar-refractivity contribution >= 4 is 0 Å². The molecule has 0 saturated heterocycles. The first-order chi connectivity index (χ1) is 9.59. The van der Waals surface area contributed by atoms with E-state index in [1.165, 1.54) is 5.56 Å². The van der Waals surface area contributed by atoms with Gasteiger partial charge < -0.3 is 14.6 Å². The van der Waals surface area contributed by atoms with Gasteiger partial charge in [0.2, 0.25) is 0 Å². The van der Waals surface area contributed by atoms with Crippen LogP contribution in [0.25, 0.3) is 0 Å². The maximum atomic E-state index is 10.1. The van der Waals surface area contributed by atoms with E-state index in [0.717, 1.165) is 5.57 Å². The molecule has 3 heteroatoms. The summed E-state index contributed by atoms with van der Waals surface area (Å²) in [6.45, 7) is 7.27. The molecule has 1 aromatic carbocycles. The van der Waals surface area contributed by atoms with Gasteiger partial charge in [0, 0.05) is 11.8 Å². The number of hydrogen-bond donors (Lipinski definition) is 1. The van der Waals surface area contributed by atoms with Crippen molar-refractivity contribution in [1.82, 2.24) is 0 Å². The van der Waals surface area contributed by atoms with Crippen LogP contribution < -0.4 is 0 Å². The normalized spacial score (nSPS) is 27.6. The largest absolute Gasteiger partial charge is 0.497 e. The molecule has 1 aliphatic heterocycles. The molecule has 0 amide bonds. The minimum Gasteiger partial charge on any atom is -0.497 e. The van der Waals surface area contributed by atoms with E-state index in [4.69, 9.17) is 9.47 Å². The second-order valence-electron chi connectivity index (χ2n) is 5.74. The molecule has 0 unspecified atom stereocenters. The third kappa shape index (κ3) is 3.62. The van der Waals surface area contributed by atoms with E-state index in [0.29, 0.717) is 13.2 Å². The summed E-state index contributed by atoms with van der Waals surface area (Å²) in [7, 11) is 0. The van der Waals surface area contributed by atoms with Gasteiger partial charge in [-0.1, -0.05) is 44.2 Å². The quantitative estimate of drug-likeness (QED) is 0.898. The smallest absolute Gasteiger partial charge is 0.108 e. The molecule has 1 heterocycles. The summed E-state index contributed by atoms with van der Waals surface area (Å²) < 4.78 is 11.5. The average molecular weight is 276 g/mol. The Morgan fingerprint density at radius 1 is 1.30 bits per heavy atom. The first kappa shape index (κ1) is 15.1. The number of benzene rings is 1. The number of aliphatic hydroxyl groups excluding tert-OH is 1. The maximum Gasteiger partial charge on any atom is 0.108 e. The number of rotatable bonds is 5. The summed E-state index contributed by atoms with van der Waals surface area (Å²) in [5, 5.41) is 10.1. The lowest BCUT2D eigenvalue weighted by Crippen LogP contribution is -2.40. The van der Waals surface area contributed by atoms with Crippen LogP contribution in [0.15, 0.2) is 42.2 Å². The Balaban J connectivity index is 1.82. The van der Waals surface area contributed by atoms with Crippen molar-refractivity contribution in [1.29, 1.82) is 0 Å². The van der Waals surface area contributed by atoms with Crippen molar-refractivity contribution < 1.29 is 14.6 Å². The molecule has 2 rings (SSSR count). The zero-order chi connectivity index (χ0) is 14.5. The van der Waals surface area contributed by atoms with E-state index in [-0.39, 0.29) is 17.9 Å². The maximum absolute atomic E-state index is 10.1. The number of hydrogen-bond acceptors (Lipinski definition) is 3. The second kappa shape index (κ2) is 6.91. The van der Waals surface area contributed by atoms with Crippen molar-refractivity contribution in [3.8, 4) is 0 Å². The average Bonchev–Trinajstić information content (AvgIpc) is 2.46. The van der Waals surface area contributed by atoms with E-state index < -0.39 is 6.10 Å². The van der Waals surface area contributed by atoms with Gasteiger partial charge in [-0.3, -0.25) is 0 Å². The lowest BCUT2D eigenvalue weighted by molar-refractivity contribution is -0.0495. The molecule has 0 fully saturated rings. The zero-order valence-electron chi connectivity index (χ0n) is 12.5. The molecule has 0 bridgehead atoms. The van der Waals surface area contributed by atoms with Crippen molar-refractivity contribution in [2.24, 2.45) is 11.8 Å². The Morgan fingerprint density at radius 3 is 2.70 bits per heavy atom. The zero-order valence-corrected chi connectivity index (χ0v) is 12.5. The van der Waals surface area contributed by atoms with E-state index in [1.807, 2.05) is 32.0 Å². The first-order valence-corrected chi connectivity index (χ1v) is 7.21. The van der Waals surface area contributed by atoms with Crippen LogP contribution in [0.2, 0.25) is 0 Å². The van der Waals surface area contributed by atoms with Gasteiger partial charge in [-0.2, -0.15) is 0 Å². The highest BCUT2D eigenvalue weighted by Gasteiger charge is 2.33. The fraction of sp³-hybridized carbons (Fsp3) is 0.529. The van der Waals surface area contributed by atoms with Gasteiger partial charge in [0.15, 0.2) is 0 Å². The van der Waals surface area contributed by atoms with Gasteiger partial charge in [0.05, 0.1) is 25.6 Å². The lowest BCUT2D eigenvalue weighted by atomic mass is 9.85. The van der Waals surface area contributed by atoms with Crippen molar-refractivity contribution in [2.45, 2.75) is 39.6 Å². The topological polar surface area (TPSA) is 38.7 Å². The Bertz CT molecular complexity index is 441.